The van der Waals surface area contributed by atoms with E-state index < -0.39 is 0 Å². The lowest BCUT2D eigenvalue weighted by molar-refractivity contribution is 0.0144. The average molecular weight is 229 g/mol. The molecule has 3 heteroatoms. The molecule has 1 saturated carbocycles. The highest BCUT2D eigenvalue weighted by atomic mass is 16.5. The molecule has 3 nitrogen and oxygen atoms in total. The fourth-order valence-electron chi connectivity index (χ4n) is 2.15. The van der Waals surface area contributed by atoms with E-state index in [4.69, 9.17) is 9.47 Å². The summed E-state index contributed by atoms with van der Waals surface area (Å²) in [6.45, 7) is 7.30. The minimum atomic E-state index is 0.294. The number of ether oxygens (including phenoxy) is 2. The van der Waals surface area contributed by atoms with Crippen LogP contribution < -0.4 is 5.32 Å². The monoisotopic (exact) mass is 229 g/mol. The molecule has 1 N–H and O–H groups in total. The van der Waals surface area contributed by atoms with E-state index in [1.54, 1.807) is 0 Å². The van der Waals surface area contributed by atoms with E-state index in [1.807, 2.05) is 6.92 Å². The second-order valence-electron chi connectivity index (χ2n) is 4.62. The van der Waals surface area contributed by atoms with Crippen LogP contribution in [0.15, 0.2) is 0 Å². The molecule has 0 amide bonds. The maximum Gasteiger partial charge on any atom is 0.0704 e. The van der Waals surface area contributed by atoms with Gasteiger partial charge in [-0.05, 0) is 26.7 Å². The molecular weight excluding hydrogens is 202 g/mol. The molecule has 0 bridgehead atoms. The second kappa shape index (κ2) is 8.97. The lowest BCUT2D eigenvalue weighted by Gasteiger charge is -2.24. The van der Waals surface area contributed by atoms with Crippen LogP contribution in [0.5, 0.6) is 0 Å². The molecule has 1 atom stereocenters. The Morgan fingerprint density at radius 1 is 1.19 bits per heavy atom. The van der Waals surface area contributed by atoms with E-state index in [0.717, 1.165) is 19.2 Å². The van der Waals surface area contributed by atoms with E-state index in [-0.39, 0.29) is 0 Å². The normalized spacial score (nSPS) is 19.9. The molecular formula is C13H27NO2. The molecule has 0 radical (unpaired) electrons. The summed E-state index contributed by atoms with van der Waals surface area (Å²) >= 11 is 0. The van der Waals surface area contributed by atoms with Gasteiger partial charge in [0.15, 0.2) is 0 Å². The maximum atomic E-state index is 5.65. The van der Waals surface area contributed by atoms with Crippen LogP contribution in [0.4, 0.5) is 0 Å². The predicted molar refractivity (Wildman–Crippen MR) is 66.8 cm³/mol. The van der Waals surface area contributed by atoms with Crippen LogP contribution >= 0.6 is 0 Å². The number of hydrogen-bond acceptors (Lipinski definition) is 3. The van der Waals surface area contributed by atoms with Crippen LogP contribution in [0, 0.1) is 0 Å². The van der Waals surface area contributed by atoms with Gasteiger partial charge in [0.25, 0.3) is 0 Å². The van der Waals surface area contributed by atoms with Crippen LogP contribution in [0.3, 0.4) is 0 Å². The van der Waals surface area contributed by atoms with Gasteiger partial charge >= 0.3 is 0 Å². The van der Waals surface area contributed by atoms with Crippen molar-refractivity contribution in [1.82, 2.24) is 5.32 Å². The SMILES string of the molecule is CCOCCOC(C)CNC1CCCCC1. The molecule has 1 fully saturated rings. The summed E-state index contributed by atoms with van der Waals surface area (Å²) in [6, 6.07) is 0.728. The minimum absolute atomic E-state index is 0.294. The Kier molecular flexibility index (Phi) is 7.81. The molecule has 1 aliphatic carbocycles. The van der Waals surface area contributed by atoms with Gasteiger partial charge in [-0.15, -0.1) is 0 Å². The molecule has 0 heterocycles. The molecule has 0 spiro atoms. The average Bonchev–Trinajstić information content (AvgIpc) is 2.33. The summed E-state index contributed by atoms with van der Waals surface area (Å²) < 4.78 is 10.9. The first-order valence-corrected chi connectivity index (χ1v) is 6.75. The largest absolute Gasteiger partial charge is 0.379 e. The van der Waals surface area contributed by atoms with Crippen LogP contribution in [-0.2, 0) is 9.47 Å². The van der Waals surface area contributed by atoms with Gasteiger partial charge in [-0.3, -0.25) is 0 Å². The van der Waals surface area contributed by atoms with Crippen molar-refractivity contribution in [2.24, 2.45) is 0 Å². The molecule has 16 heavy (non-hydrogen) atoms. The van der Waals surface area contributed by atoms with Crippen molar-refractivity contribution in [2.45, 2.75) is 58.1 Å². The van der Waals surface area contributed by atoms with E-state index in [0.29, 0.717) is 19.3 Å². The lowest BCUT2D eigenvalue weighted by Crippen LogP contribution is -2.37. The molecule has 1 aliphatic rings. The first-order chi connectivity index (χ1) is 7.83. The molecule has 1 unspecified atom stereocenters. The Morgan fingerprint density at radius 3 is 2.62 bits per heavy atom. The summed E-state index contributed by atoms with van der Waals surface area (Å²) in [4.78, 5) is 0. The third-order valence-electron chi connectivity index (χ3n) is 3.13. The van der Waals surface area contributed by atoms with Crippen LogP contribution in [0.2, 0.25) is 0 Å². The van der Waals surface area contributed by atoms with Crippen molar-refractivity contribution in [1.29, 1.82) is 0 Å². The molecule has 0 saturated heterocycles. The molecule has 0 aliphatic heterocycles. The van der Waals surface area contributed by atoms with Crippen LogP contribution in [-0.4, -0.2) is 38.5 Å². The van der Waals surface area contributed by atoms with E-state index in [1.165, 1.54) is 32.1 Å². The third-order valence-corrected chi connectivity index (χ3v) is 3.13. The zero-order chi connectivity index (χ0) is 11.6. The third kappa shape index (κ3) is 6.46. The molecule has 0 aromatic carbocycles. The van der Waals surface area contributed by atoms with Gasteiger partial charge in [-0.2, -0.15) is 0 Å². The van der Waals surface area contributed by atoms with Gasteiger partial charge in [0.2, 0.25) is 0 Å². The number of nitrogens with one attached hydrogen (secondary N) is 1. The summed E-state index contributed by atoms with van der Waals surface area (Å²) in [5, 5.41) is 3.60. The van der Waals surface area contributed by atoms with Gasteiger partial charge in [-0.1, -0.05) is 19.3 Å². The summed E-state index contributed by atoms with van der Waals surface area (Å²) in [5.41, 5.74) is 0. The highest BCUT2D eigenvalue weighted by molar-refractivity contribution is 4.72. The standard InChI is InChI=1S/C13H27NO2/c1-3-15-9-10-16-12(2)11-14-13-7-5-4-6-8-13/h12-14H,3-11H2,1-2H3. The highest BCUT2D eigenvalue weighted by Gasteiger charge is 2.13. The van der Waals surface area contributed by atoms with Crippen molar-refractivity contribution in [3.63, 3.8) is 0 Å². The summed E-state index contributed by atoms with van der Waals surface area (Å²) in [6.07, 6.45) is 7.16. The van der Waals surface area contributed by atoms with Crippen LogP contribution in [0.25, 0.3) is 0 Å². The smallest absolute Gasteiger partial charge is 0.0704 e. The van der Waals surface area contributed by atoms with Gasteiger partial charge < -0.3 is 14.8 Å². The fraction of sp³-hybridized carbons (Fsp3) is 1.00. The quantitative estimate of drug-likeness (QED) is 0.648. The van der Waals surface area contributed by atoms with Crippen molar-refractivity contribution < 1.29 is 9.47 Å². The molecule has 96 valence electrons. The second-order valence-corrected chi connectivity index (χ2v) is 4.62. The Balaban J connectivity index is 1.94. The fourth-order valence-corrected chi connectivity index (χ4v) is 2.15. The van der Waals surface area contributed by atoms with E-state index >= 15 is 0 Å². The van der Waals surface area contributed by atoms with Gasteiger partial charge in [0, 0.05) is 19.2 Å². The maximum absolute atomic E-state index is 5.65. The Hall–Kier alpha value is -0.120. The van der Waals surface area contributed by atoms with Gasteiger partial charge in [0.1, 0.15) is 0 Å². The minimum Gasteiger partial charge on any atom is -0.379 e. The highest BCUT2D eigenvalue weighted by Crippen LogP contribution is 2.17. The number of hydrogen-bond donors (Lipinski definition) is 1. The van der Waals surface area contributed by atoms with Gasteiger partial charge in [0.05, 0.1) is 19.3 Å². The van der Waals surface area contributed by atoms with E-state index in [9.17, 15) is 0 Å². The Morgan fingerprint density at radius 2 is 1.94 bits per heavy atom. The van der Waals surface area contributed by atoms with Crippen molar-refractivity contribution in [2.75, 3.05) is 26.4 Å². The van der Waals surface area contributed by atoms with Crippen molar-refractivity contribution >= 4 is 0 Å². The zero-order valence-corrected chi connectivity index (χ0v) is 10.8. The van der Waals surface area contributed by atoms with Crippen LogP contribution in [0.1, 0.15) is 46.0 Å². The zero-order valence-electron chi connectivity index (χ0n) is 10.8. The Bertz CT molecular complexity index is 158. The summed E-state index contributed by atoms with van der Waals surface area (Å²) in [5.74, 6) is 0. The predicted octanol–water partition coefficient (Wildman–Crippen LogP) is 2.35. The Labute approximate surface area is 99.9 Å². The van der Waals surface area contributed by atoms with Crippen molar-refractivity contribution in [3.8, 4) is 0 Å². The molecule has 1 rings (SSSR count). The molecule has 0 aromatic rings. The first-order valence-electron chi connectivity index (χ1n) is 6.75. The topological polar surface area (TPSA) is 30.5 Å². The van der Waals surface area contributed by atoms with E-state index in [2.05, 4.69) is 12.2 Å². The molecule has 0 aromatic heterocycles. The lowest BCUT2D eigenvalue weighted by atomic mass is 9.95. The summed E-state index contributed by atoms with van der Waals surface area (Å²) in [7, 11) is 0. The van der Waals surface area contributed by atoms with Gasteiger partial charge in [-0.25, -0.2) is 0 Å². The number of rotatable bonds is 8. The first kappa shape index (κ1) is 13.9. The van der Waals surface area contributed by atoms with Crippen molar-refractivity contribution in [3.05, 3.63) is 0 Å².